The lowest BCUT2D eigenvalue weighted by atomic mass is 9.77. The van der Waals surface area contributed by atoms with Crippen LogP contribution in [0.1, 0.15) is 24.0 Å². The molecule has 1 aromatic rings. The summed E-state index contributed by atoms with van der Waals surface area (Å²) < 4.78 is 5.15. The third-order valence-corrected chi connectivity index (χ3v) is 4.24. The lowest BCUT2D eigenvalue weighted by Gasteiger charge is -2.28. The predicted octanol–water partition coefficient (Wildman–Crippen LogP) is 0.359. The monoisotopic (exact) mass is 293 g/mol. The highest BCUT2D eigenvalue weighted by Gasteiger charge is 2.49. The van der Waals surface area contributed by atoms with E-state index in [-0.39, 0.29) is 12.2 Å². The van der Waals surface area contributed by atoms with Crippen molar-refractivity contribution in [1.29, 1.82) is 0 Å². The second-order valence-electron chi connectivity index (χ2n) is 5.51. The van der Waals surface area contributed by atoms with E-state index in [0.29, 0.717) is 30.6 Å². The topological polar surface area (TPSA) is 113 Å². The molecule has 0 amide bonds. The standard InChI is InChI=1S/C14H20BNO5/c1-21-11-5-4-9-7-10(3-2-6-15(19)20)14(16,13(17)18)12(9)8-11/h4-5,8,10,19-20H,2-3,6-7,16H2,1H3,(H,17,18)/t10-,14+/m0/s1. The molecule has 5 N–H and O–H groups in total. The van der Waals surface area contributed by atoms with Gasteiger partial charge in [-0.2, -0.15) is 0 Å². The van der Waals surface area contributed by atoms with Crippen molar-refractivity contribution in [3.8, 4) is 5.75 Å². The van der Waals surface area contributed by atoms with Crippen LogP contribution in [-0.2, 0) is 16.8 Å². The van der Waals surface area contributed by atoms with Crippen LogP contribution in [0.4, 0.5) is 0 Å². The second-order valence-corrected chi connectivity index (χ2v) is 5.51. The number of carboxylic acid groups (broad SMARTS) is 1. The average Bonchev–Trinajstić information content (AvgIpc) is 2.72. The first-order valence-electron chi connectivity index (χ1n) is 6.95. The summed E-state index contributed by atoms with van der Waals surface area (Å²) in [5.74, 6) is -0.754. The Bertz CT molecular complexity index is 536. The van der Waals surface area contributed by atoms with E-state index in [2.05, 4.69) is 0 Å². The molecule has 0 bridgehead atoms. The second kappa shape index (κ2) is 6.05. The largest absolute Gasteiger partial charge is 0.497 e. The normalized spacial score (nSPS) is 23.7. The molecule has 0 spiro atoms. The summed E-state index contributed by atoms with van der Waals surface area (Å²) in [6.07, 6.45) is 1.83. The Morgan fingerprint density at radius 2 is 2.24 bits per heavy atom. The van der Waals surface area contributed by atoms with Gasteiger partial charge in [0, 0.05) is 0 Å². The molecule has 0 fully saturated rings. The maximum absolute atomic E-state index is 11.7. The van der Waals surface area contributed by atoms with Gasteiger partial charge in [-0.3, -0.25) is 0 Å². The minimum atomic E-state index is -1.45. The minimum Gasteiger partial charge on any atom is -0.497 e. The Hall–Kier alpha value is -1.57. The number of methoxy groups -OCH3 is 1. The van der Waals surface area contributed by atoms with Crippen molar-refractivity contribution in [2.75, 3.05) is 7.11 Å². The Balaban J connectivity index is 2.27. The number of ether oxygens (including phenoxy) is 1. The van der Waals surface area contributed by atoms with Crippen LogP contribution in [0, 0.1) is 5.92 Å². The fourth-order valence-corrected chi connectivity index (χ4v) is 3.06. The predicted molar refractivity (Wildman–Crippen MR) is 77.9 cm³/mol. The third-order valence-electron chi connectivity index (χ3n) is 4.24. The molecule has 0 radical (unpaired) electrons. The number of rotatable bonds is 6. The number of aliphatic carboxylic acids is 1. The molecule has 0 saturated heterocycles. The van der Waals surface area contributed by atoms with Crippen molar-refractivity contribution in [2.45, 2.75) is 31.1 Å². The highest BCUT2D eigenvalue weighted by Crippen LogP contribution is 2.43. The molecule has 21 heavy (non-hydrogen) atoms. The summed E-state index contributed by atoms with van der Waals surface area (Å²) >= 11 is 0. The summed E-state index contributed by atoms with van der Waals surface area (Å²) in [6.45, 7) is 0. The van der Waals surface area contributed by atoms with E-state index in [1.807, 2.05) is 6.07 Å². The van der Waals surface area contributed by atoms with Gasteiger partial charge in [0.1, 0.15) is 11.3 Å². The van der Waals surface area contributed by atoms with Crippen LogP contribution in [0.5, 0.6) is 5.75 Å². The van der Waals surface area contributed by atoms with Crippen LogP contribution in [-0.4, -0.2) is 35.4 Å². The molecule has 2 rings (SSSR count). The molecule has 6 nitrogen and oxygen atoms in total. The molecule has 114 valence electrons. The summed E-state index contributed by atoms with van der Waals surface area (Å²) in [5, 5.41) is 27.4. The number of nitrogens with two attached hydrogens (primary N) is 1. The summed E-state index contributed by atoms with van der Waals surface area (Å²) in [5.41, 5.74) is 6.26. The van der Waals surface area contributed by atoms with E-state index in [0.717, 1.165) is 5.56 Å². The van der Waals surface area contributed by atoms with Crippen LogP contribution in [0.15, 0.2) is 18.2 Å². The van der Waals surface area contributed by atoms with Crippen molar-refractivity contribution in [3.63, 3.8) is 0 Å². The first-order chi connectivity index (χ1) is 9.89. The quantitative estimate of drug-likeness (QED) is 0.563. The van der Waals surface area contributed by atoms with Gasteiger partial charge in [-0.15, -0.1) is 0 Å². The Morgan fingerprint density at radius 1 is 1.52 bits per heavy atom. The van der Waals surface area contributed by atoms with Gasteiger partial charge in [0.05, 0.1) is 7.11 Å². The average molecular weight is 293 g/mol. The smallest absolute Gasteiger partial charge is 0.451 e. The van der Waals surface area contributed by atoms with E-state index in [1.165, 1.54) is 7.11 Å². The summed E-state index contributed by atoms with van der Waals surface area (Å²) in [4.78, 5) is 11.7. The minimum absolute atomic E-state index is 0.214. The number of fused-ring (bicyclic) bond motifs is 1. The first-order valence-corrected chi connectivity index (χ1v) is 6.95. The van der Waals surface area contributed by atoms with Crippen LogP contribution in [0.2, 0.25) is 6.32 Å². The van der Waals surface area contributed by atoms with Crippen molar-refractivity contribution in [1.82, 2.24) is 0 Å². The van der Waals surface area contributed by atoms with Gasteiger partial charge in [0.2, 0.25) is 0 Å². The van der Waals surface area contributed by atoms with E-state index in [9.17, 15) is 9.90 Å². The van der Waals surface area contributed by atoms with Gasteiger partial charge in [-0.25, -0.2) is 4.79 Å². The van der Waals surface area contributed by atoms with Gasteiger partial charge in [-0.1, -0.05) is 12.5 Å². The lowest BCUT2D eigenvalue weighted by Crippen LogP contribution is -2.48. The molecule has 0 heterocycles. The van der Waals surface area contributed by atoms with Crippen molar-refractivity contribution in [3.05, 3.63) is 29.3 Å². The molecule has 0 saturated carbocycles. The third kappa shape index (κ3) is 2.90. The number of hydrogen-bond donors (Lipinski definition) is 4. The molecule has 0 aliphatic heterocycles. The Kier molecular flexibility index (Phi) is 4.56. The van der Waals surface area contributed by atoms with Gasteiger partial charge in [-0.05, 0) is 48.3 Å². The van der Waals surface area contributed by atoms with Crippen molar-refractivity contribution < 1.29 is 24.7 Å². The number of carboxylic acids is 1. The van der Waals surface area contributed by atoms with Crippen LogP contribution in [0.25, 0.3) is 0 Å². The van der Waals surface area contributed by atoms with Crippen LogP contribution >= 0.6 is 0 Å². The lowest BCUT2D eigenvalue weighted by molar-refractivity contribution is -0.145. The molecule has 1 aliphatic rings. The van der Waals surface area contributed by atoms with Crippen LogP contribution in [0.3, 0.4) is 0 Å². The summed E-state index contributed by atoms with van der Waals surface area (Å²) in [6, 6.07) is 5.32. The number of hydrogen-bond acceptors (Lipinski definition) is 5. The molecule has 0 unspecified atom stereocenters. The molecule has 0 aromatic heterocycles. The summed E-state index contributed by atoms with van der Waals surface area (Å²) in [7, 11) is 0.154. The Morgan fingerprint density at radius 3 is 2.81 bits per heavy atom. The van der Waals surface area contributed by atoms with E-state index >= 15 is 0 Å². The zero-order chi connectivity index (χ0) is 15.6. The zero-order valence-corrected chi connectivity index (χ0v) is 12.0. The van der Waals surface area contributed by atoms with Gasteiger partial charge in [0.15, 0.2) is 0 Å². The fourth-order valence-electron chi connectivity index (χ4n) is 3.06. The maximum atomic E-state index is 11.7. The molecular weight excluding hydrogens is 273 g/mol. The molecule has 1 aromatic carbocycles. The molecule has 1 aliphatic carbocycles. The van der Waals surface area contributed by atoms with Gasteiger partial charge >= 0.3 is 13.1 Å². The SMILES string of the molecule is COc1ccc2c(c1)[C@@](N)(C(=O)O)[C@@H](CCCB(O)O)C2. The number of benzene rings is 1. The highest BCUT2D eigenvalue weighted by atomic mass is 16.5. The van der Waals surface area contributed by atoms with E-state index in [1.54, 1.807) is 12.1 Å². The fraction of sp³-hybridized carbons (Fsp3) is 0.500. The zero-order valence-electron chi connectivity index (χ0n) is 12.0. The first kappa shape index (κ1) is 15.8. The highest BCUT2D eigenvalue weighted by molar-refractivity contribution is 6.40. The van der Waals surface area contributed by atoms with Crippen LogP contribution < -0.4 is 10.5 Å². The van der Waals surface area contributed by atoms with Crippen molar-refractivity contribution >= 4 is 13.1 Å². The number of carbonyl (C=O) groups is 1. The Labute approximate surface area is 123 Å². The van der Waals surface area contributed by atoms with Crippen molar-refractivity contribution in [2.24, 2.45) is 11.7 Å². The molecule has 2 atom stereocenters. The maximum Gasteiger partial charge on any atom is 0.451 e. The van der Waals surface area contributed by atoms with E-state index < -0.39 is 18.6 Å². The van der Waals surface area contributed by atoms with Gasteiger partial charge in [0.25, 0.3) is 0 Å². The van der Waals surface area contributed by atoms with Gasteiger partial charge < -0.3 is 25.6 Å². The van der Waals surface area contributed by atoms with E-state index in [4.69, 9.17) is 20.5 Å². The molecule has 7 heteroatoms. The molecular formula is C14H20BNO5.